The highest BCUT2D eigenvalue weighted by molar-refractivity contribution is 6.44. The molecule has 0 spiro atoms. The third kappa shape index (κ3) is 1.80. The minimum absolute atomic E-state index is 0.592. The van der Waals surface area contributed by atoms with Crippen molar-refractivity contribution in [2.75, 3.05) is 5.32 Å². The van der Waals surface area contributed by atoms with Crippen LogP contribution in [0.4, 0.5) is 11.4 Å². The standard InChI is InChI=1S/C14H11Cl2N/c1-8-2-3-9-7-10-4-5-11(15)13(16)14(10)17-12(9)6-8/h2-6,17H,7H2,1H3. The monoisotopic (exact) mass is 263 g/mol. The van der Waals surface area contributed by atoms with Gasteiger partial charge in [-0.3, -0.25) is 0 Å². The number of halogens is 2. The van der Waals surface area contributed by atoms with E-state index in [1.807, 2.05) is 12.1 Å². The molecule has 0 bridgehead atoms. The lowest BCUT2D eigenvalue weighted by Gasteiger charge is -2.23. The van der Waals surface area contributed by atoms with Crippen LogP contribution in [-0.4, -0.2) is 0 Å². The van der Waals surface area contributed by atoms with Gasteiger partial charge in [-0.15, -0.1) is 0 Å². The molecular formula is C14H11Cl2N. The zero-order valence-electron chi connectivity index (χ0n) is 9.35. The second kappa shape index (κ2) is 3.94. The van der Waals surface area contributed by atoms with Crippen LogP contribution in [0, 0.1) is 6.92 Å². The van der Waals surface area contributed by atoms with E-state index in [1.165, 1.54) is 16.7 Å². The minimum atomic E-state index is 0.592. The molecule has 1 N–H and O–H groups in total. The maximum atomic E-state index is 6.22. The van der Waals surface area contributed by atoms with Gasteiger partial charge in [0.05, 0.1) is 15.7 Å². The summed E-state index contributed by atoms with van der Waals surface area (Å²) in [6.45, 7) is 2.08. The van der Waals surface area contributed by atoms with E-state index in [2.05, 4.69) is 30.4 Å². The Kier molecular flexibility index (Phi) is 2.53. The summed E-state index contributed by atoms with van der Waals surface area (Å²) in [5.74, 6) is 0. The Labute approximate surface area is 110 Å². The molecule has 0 unspecified atom stereocenters. The van der Waals surface area contributed by atoms with E-state index >= 15 is 0 Å². The first-order valence-electron chi connectivity index (χ1n) is 5.48. The van der Waals surface area contributed by atoms with Crippen LogP contribution in [-0.2, 0) is 6.42 Å². The minimum Gasteiger partial charge on any atom is -0.354 e. The second-order valence-electron chi connectivity index (χ2n) is 4.36. The predicted molar refractivity (Wildman–Crippen MR) is 73.7 cm³/mol. The van der Waals surface area contributed by atoms with E-state index < -0.39 is 0 Å². The molecule has 17 heavy (non-hydrogen) atoms. The van der Waals surface area contributed by atoms with Crippen molar-refractivity contribution < 1.29 is 0 Å². The van der Waals surface area contributed by atoms with Crippen molar-refractivity contribution in [3.8, 4) is 0 Å². The number of benzene rings is 2. The van der Waals surface area contributed by atoms with Crippen molar-refractivity contribution >= 4 is 34.6 Å². The molecule has 1 heterocycles. The number of nitrogens with one attached hydrogen (secondary N) is 1. The maximum Gasteiger partial charge on any atom is 0.0830 e. The quantitative estimate of drug-likeness (QED) is 0.605. The molecule has 0 aromatic heterocycles. The molecule has 0 atom stereocenters. The Morgan fingerprint density at radius 2 is 1.82 bits per heavy atom. The lowest BCUT2D eigenvalue weighted by molar-refractivity contribution is 1.15. The van der Waals surface area contributed by atoms with E-state index in [-0.39, 0.29) is 0 Å². The molecule has 0 aliphatic carbocycles. The van der Waals surface area contributed by atoms with Gasteiger partial charge in [-0.2, -0.15) is 0 Å². The average Bonchev–Trinajstić information content (AvgIpc) is 2.32. The van der Waals surface area contributed by atoms with E-state index in [0.717, 1.165) is 17.8 Å². The van der Waals surface area contributed by atoms with Crippen molar-refractivity contribution in [3.63, 3.8) is 0 Å². The van der Waals surface area contributed by atoms with Gasteiger partial charge in [0, 0.05) is 12.1 Å². The lowest BCUT2D eigenvalue weighted by Crippen LogP contribution is -2.07. The first kappa shape index (κ1) is 10.9. The maximum absolute atomic E-state index is 6.22. The third-order valence-electron chi connectivity index (χ3n) is 3.09. The largest absolute Gasteiger partial charge is 0.354 e. The topological polar surface area (TPSA) is 12.0 Å². The van der Waals surface area contributed by atoms with Gasteiger partial charge in [-0.1, -0.05) is 41.4 Å². The predicted octanol–water partition coefficient (Wildman–Crippen LogP) is 4.95. The summed E-state index contributed by atoms with van der Waals surface area (Å²) in [5, 5.41) is 4.57. The molecule has 1 aliphatic rings. The first-order chi connectivity index (χ1) is 8.15. The lowest BCUT2D eigenvalue weighted by atomic mass is 9.96. The SMILES string of the molecule is Cc1ccc2c(c1)Nc1c(ccc(Cl)c1Cl)C2. The Morgan fingerprint density at radius 3 is 2.65 bits per heavy atom. The summed E-state index contributed by atoms with van der Waals surface area (Å²) in [7, 11) is 0. The highest BCUT2D eigenvalue weighted by Gasteiger charge is 2.18. The summed E-state index contributed by atoms with van der Waals surface area (Å²) in [6, 6.07) is 10.3. The summed E-state index contributed by atoms with van der Waals surface area (Å²) in [4.78, 5) is 0. The Hall–Kier alpha value is -1.18. The molecule has 0 fully saturated rings. The van der Waals surface area contributed by atoms with Gasteiger partial charge < -0.3 is 5.32 Å². The van der Waals surface area contributed by atoms with E-state index in [1.54, 1.807) is 0 Å². The molecule has 2 aromatic carbocycles. The summed E-state index contributed by atoms with van der Waals surface area (Å²) in [5.41, 5.74) is 5.79. The number of rotatable bonds is 0. The third-order valence-corrected chi connectivity index (χ3v) is 3.89. The normalized spacial score (nSPS) is 12.6. The molecule has 1 nitrogen and oxygen atoms in total. The van der Waals surface area contributed by atoms with Crippen LogP contribution in [0.3, 0.4) is 0 Å². The molecular weight excluding hydrogens is 253 g/mol. The number of hydrogen-bond acceptors (Lipinski definition) is 1. The molecule has 2 aromatic rings. The summed E-state index contributed by atoms with van der Waals surface area (Å²) in [6.07, 6.45) is 0.898. The molecule has 3 rings (SSSR count). The van der Waals surface area contributed by atoms with Crippen LogP contribution in [0.15, 0.2) is 30.3 Å². The van der Waals surface area contributed by atoms with Gasteiger partial charge >= 0.3 is 0 Å². The fourth-order valence-corrected chi connectivity index (χ4v) is 2.56. The smallest absolute Gasteiger partial charge is 0.0830 e. The van der Waals surface area contributed by atoms with Crippen LogP contribution < -0.4 is 5.32 Å². The van der Waals surface area contributed by atoms with Crippen molar-refractivity contribution in [3.05, 3.63) is 57.1 Å². The van der Waals surface area contributed by atoms with Crippen LogP contribution in [0.1, 0.15) is 16.7 Å². The van der Waals surface area contributed by atoms with Gasteiger partial charge in [0.2, 0.25) is 0 Å². The number of hydrogen-bond donors (Lipinski definition) is 1. The van der Waals surface area contributed by atoms with Crippen LogP contribution in [0.2, 0.25) is 10.0 Å². The summed E-state index contributed by atoms with van der Waals surface area (Å²) < 4.78 is 0. The fraction of sp³-hybridized carbons (Fsp3) is 0.143. The zero-order chi connectivity index (χ0) is 12.0. The van der Waals surface area contributed by atoms with E-state index in [0.29, 0.717) is 10.0 Å². The molecule has 1 aliphatic heterocycles. The average molecular weight is 264 g/mol. The number of aryl methyl sites for hydroxylation is 1. The Balaban J connectivity index is 2.14. The highest BCUT2D eigenvalue weighted by atomic mass is 35.5. The zero-order valence-corrected chi connectivity index (χ0v) is 10.9. The van der Waals surface area contributed by atoms with E-state index in [4.69, 9.17) is 23.2 Å². The van der Waals surface area contributed by atoms with Gasteiger partial charge in [0.15, 0.2) is 0 Å². The van der Waals surface area contributed by atoms with Crippen molar-refractivity contribution in [2.24, 2.45) is 0 Å². The highest BCUT2D eigenvalue weighted by Crippen LogP contribution is 2.40. The van der Waals surface area contributed by atoms with Gasteiger partial charge in [-0.25, -0.2) is 0 Å². The molecule has 3 heteroatoms. The first-order valence-corrected chi connectivity index (χ1v) is 6.24. The molecule has 86 valence electrons. The summed E-state index contributed by atoms with van der Waals surface area (Å²) >= 11 is 12.3. The molecule has 0 saturated heterocycles. The molecule has 0 saturated carbocycles. The van der Waals surface area contributed by atoms with Crippen LogP contribution >= 0.6 is 23.2 Å². The fourth-order valence-electron chi connectivity index (χ4n) is 2.17. The van der Waals surface area contributed by atoms with Crippen LogP contribution in [0.5, 0.6) is 0 Å². The van der Waals surface area contributed by atoms with Crippen LogP contribution in [0.25, 0.3) is 0 Å². The van der Waals surface area contributed by atoms with Gasteiger partial charge in [-0.05, 0) is 35.7 Å². The van der Waals surface area contributed by atoms with Gasteiger partial charge in [0.25, 0.3) is 0 Å². The Morgan fingerprint density at radius 1 is 1.06 bits per heavy atom. The van der Waals surface area contributed by atoms with Crippen molar-refractivity contribution in [1.29, 1.82) is 0 Å². The second-order valence-corrected chi connectivity index (χ2v) is 5.14. The van der Waals surface area contributed by atoms with Crippen molar-refractivity contribution in [2.45, 2.75) is 13.3 Å². The number of anilines is 2. The van der Waals surface area contributed by atoms with E-state index in [9.17, 15) is 0 Å². The molecule has 0 amide bonds. The number of fused-ring (bicyclic) bond motifs is 2. The Bertz CT molecular complexity index is 605. The molecule has 0 radical (unpaired) electrons. The van der Waals surface area contributed by atoms with Gasteiger partial charge in [0.1, 0.15) is 0 Å². The van der Waals surface area contributed by atoms with Crippen molar-refractivity contribution in [1.82, 2.24) is 0 Å².